The van der Waals surface area contributed by atoms with Gasteiger partial charge in [0.2, 0.25) is 0 Å². The summed E-state index contributed by atoms with van der Waals surface area (Å²) in [6.45, 7) is 1.97. The van der Waals surface area contributed by atoms with E-state index >= 15 is 0 Å². The summed E-state index contributed by atoms with van der Waals surface area (Å²) >= 11 is 1.63. The minimum atomic E-state index is -0.140. The van der Waals surface area contributed by atoms with Gasteiger partial charge in [-0.1, -0.05) is 30.3 Å². The van der Waals surface area contributed by atoms with E-state index in [9.17, 15) is 4.79 Å². The summed E-state index contributed by atoms with van der Waals surface area (Å²) in [4.78, 5) is 13.6. The Kier molecular flexibility index (Phi) is 3.62. The van der Waals surface area contributed by atoms with Gasteiger partial charge in [-0.25, -0.2) is 0 Å². The van der Waals surface area contributed by atoms with Gasteiger partial charge in [-0.05, 0) is 41.3 Å². The fourth-order valence-electron chi connectivity index (χ4n) is 2.34. The molecule has 0 saturated heterocycles. The number of carbonyl (C=O) groups excluding carboxylic acids is 1. The number of benzene rings is 2. The second-order valence-corrected chi connectivity index (χ2v) is 5.98. The molecule has 0 unspecified atom stereocenters. The average Bonchev–Trinajstić information content (AvgIpc) is 3.00. The van der Waals surface area contributed by atoms with Crippen molar-refractivity contribution in [3.63, 3.8) is 0 Å². The monoisotopic (exact) mass is 296 g/mol. The van der Waals surface area contributed by atoms with Crippen LogP contribution in [0.4, 0.5) is 5.69 Å². The Bertz CT molecular complexity index is 781. The summed E-state index contributed by atoms with van der Waals surface area (Å²) < 4.78 is 0. The van der Waals surface area contributed by atoms with Crippen molar-refractivity contribution in [1.29, 1.82) is 0 Å². The van der Waals surface area contributed by atoms with Gasteiger partial charge in [-0.3, -0.25) is 4.79 Å². The fraction of sp³-hybridized carbons (Fsp3) is 0.118. The number of hydrogen-bond donors (Lipinski definition) is 2. The first-order valence-corrected chi connectivity index (χ1v) is 7.65. The van der Waals surface area contributed by atoms with E-state index in [0.29, 0.717) is 11.3 Å². The van der Waals surface area contributed by atoms with Crippen LogP contribution < -0.4 is 11.1 Å². The average molecular weight is 296 g/mol. The number of carbonyl (C=O) groups is 1. The maximum atomic E-state index is 12.4. The summed E-state index contributed by atoms with van der Waals surface area (Å²) in [6, 6.07) is 15.5. The molecule has 3 rings (SSSR count). The largest absolute Gasteiger partial charge is 0.398 e. The molecule has 0 radical (unpaired) electrons. The number of nitrogen functional groups attached to an aromatic ring is 1. The summed E-state index contributed by atoms with van der Waals surface area (Å²) in [6.07, 6.45) is 0. The first kappa shape index (κ1) is 13.6. The molecule has 1 atom stereocenters. The summed E-state index contributed by atoms with van der Waals surface area (Å²) in [5.74, 6) is -0.140. The molecule has 1 amide bonds. The zero-order chi connectivity index (χ0) is 14.8. The predicted octanol–water partition coefficient (Wildman–Crippen LogP) is 3.97. The number of anilines is 1. The van der Waals surface area contributed by atoms with Gasteiger partial charge in [-0.15, -0.1) is 11.3 Å². The van der Waals surface area contributed by atoms with Crippen LogP contribution in [0.25, 0.3) is 10.8 Å². The smallest absolute Gasteiger partial charge is 0.253 e. The van der Waals surface area contributed by atoms with Crippen LogP contribution in [0.5, 0.6) is 0 Å². The van der Waals surface area contributed by atoms with Crippen LogP contribution in [-0.4, -0.2) is 5.91 Å². The Morgan fingerprint density at radius 3 is 2.52 bits per heavy atom. The zero-order valence-electron chi connectivity index (χ0n) is 11.7. The summed E-state index contributed by atoms with van der Waals surface area (Å²) in [5.41, 5.74) is 7.05. The molecule has 0 fully saturated rings. The number of fused-ring (bicyclic) bond motifs is 1. The van der Waals surface area contributed by atoms with Crippen LogP contribution in [0.1, 0.15) is 28.2 Å². The highest BCUT2D eigenvalue weighted by molar-refractivity contribution is 7.10. The Balaban J connectivity index is 1.89. The van der Waals surface area contributed by atoms with Crippen molar-refractivity contribution in [1.82, 2.24) is 5.32 Å². The van der Waals surface area contributed by atoms with Gasteiger partial charge in [-0.2, -0.15) is 0 Å². The van der Waals surface area contributed by atoms with Crippen molar-refractivity contribution < 1.29 is 4.79 Å². The Morgan fingerprint density at radius 2 is 1.86 bits per heavy atom. The maximum absolute atomic E-state index is 12.4. The molecule has 3 nitrogen and oxygen atoms in total. The Labute approximate surface area is 127 Å². The molecule has 1 aromatic heterocycles. The van der Waals surface area contributed by atoms with E-state index in [0.717, 1.165) is 15.6 Å². The standard InChI is InChI=1S/C17H16N2OS/c1-11(16-7-4-8-21-16)19-17(20)14-9-12-5-2-3-6-13(12)10-15(14)18/h2-11H,18H2,1H3,(H,19,20)/t11-/m0/s1. The van der Waals surface area contributed by atoms with Gasteiger partial charge in [0.15, 0.2) is 0 Å². The molecule has 0 saturated carbocycles. The van der Waals surface area contributed by atoms with Crippen LogP contribution in [0, 0.1) is 0 Å². The van der Waals surface area contributed by atoms with Crippen molar-refractivity contribution in [3.8, 4) is 0 Å². The van der Waals surface area contributed by atoms with Crippen LogP contribution in [0.2, 0.25) is 0 Å². The maximum Gasteiger partial charge on any atom is 0.253 e. The zero-order valence-corrected chi connectivity index (χ0v) is 12.5. The minimum absolute atomic E-state index is 0.0247. The van der Waals surface area contributed by atoms with E-state index in [1.165, 1.54) is 0 Å². The third-order valence-electron chi connectivity index (χ3n) is 3.48. The Hall–Kier alpha value is -2.33. The fourth-order valence-corrected chi connectivity index (χ4v) is 3.07. The van der Waals surface area contributed by atoms with E-state index < -0.39 is 0 Å². The van der Waals surface area contributed by atoms with Crippen LogP contribution >= 0.6 is 11.3 Å². The summed E-state index contributed by atoms with van der Waals surface area (Å²) in [5, 5.41) is 7.05. The van der Waals surface area contributed by atoms with Crippen LogP contribution in [-0.2, 0) is 0 Å². The first-order chi connectivity index (χ1) is 10.1. The molecular formula is C17H16N2OS. The highest BCUT2D eigenvalue weighted by Gasteiger charge is 2.15. The third-order valence-corrected chi connectivity index (χ3v) is 4.54. The molecule has 0 bridgehead atoms. The molecule has 106 valence electrons. The number of thiophene rings is 1. The molecule has 3 N–H and O–H groups in total. The minimum Gasteiger partial charge on any atom is -0.398 e. The number of nitrogens with two attached hydrogens (primary N) is 1. The topological polar surface area (TPSA) is 55.1 Å². The van der Waals surface area contributed by atoms with Gasteiger partial charge >= 0.3 is 0 Å². The molecule has 0 spiro atoms. The van der Waals surface area contributed by atoms with E-state index in [-0.39, 0.29) is 11.9 Å². The van der Waals surface area contributed by atoms with Crippen molar-refractivity contribution in [2.75, 3.05) is 5.73 Å². The van der Waals surface area contributed by atoms with Gasteiger partial charge in [0.05, 0.1) is 11.6 Å². The lowest BCUT2D eigenvalue weighted by Gasteiger charge is -2.14. The highest BCUT2D eigenvalue weighted by atomic mass is 32.1. The molecule has 3 aromatic rings. The summed E-state index contributed by atoms with van der Waals surface area (Å²) in [7, 11) is 0. The van der Waals surface area contributed by atoms with E-state index in [2.05, 4.69) is 5.32 Å². The molecule has 21 heavy (non-hydrogen) atoms. The van der Waals surface area contributed by atoms with Crippen molar-refractivity contribution in [3.05, 3.63) is 64.4 Å². The quantitative estimate of drug-likeness (QED) is 0.718. The molecule has 0 aliphatic carbocycles. The third kappa shape index (κ3) is 2.76. The van der Waals surface area contributed by atoms with Crippen molar-refractivity contribution in [2.24, 2.45) is 0 Å². The highest BCUT2D eigenvalue weighted by Crippen LogP contribution is 2.23. The number of hydrogen-bond acceptors (Lipinski definition) is 3. The lowest BCUT2D eigenvalue weighted by Crippen LogP contribution is -2.26. The van der Waals surface area contributed by atoms with Crippen molar-refractivity contribution in [2.45, 2.75) is 13.0 Å². The predicted molar refractivity (Wildman–Crippen MR) is 88.6 cm³/mol. The second kappa shape index (κ2) is 5.58. The Morgan fingerprint density at radius 1 is 1.14 bits per heavy atom. The van der Waals surface area contributed by atoms with E-state index in [1.54, 1.807) is 11.3 Å². The first-order valence-electron chi connectivity index (χ1n) is 6.77. The van der Waals surface area contributed by atoms with Gasteiger partial charge in [0.1, 0.15) is 0 Å². The number of rotatable bonds is 3. The molecule has 1 heterocycles. The number of nitrogens with one attached hydrogen (secondary N) is 1. The molecule has 2 aromatic carbocycles. The second-order valence-electron chi connectivity index (χ2n) is 5.00. The SMILES string of the molecule is C[C@H](NC(=O)c1cc2ccccc2cc1N)c1cccs1. The lowest BCUT2D eigenvalue weighted by molar-refractivity contribution is 0.0941. The van der Waals surface area contributed by atoms with Gasteiger partial charge in [0.25, 0.3) is 5.91 Å². The van der Waals surface area contributed by atoms with Crippen LogP contribution in [0.3, 0.4) is 0 Å². The molecule has 0 aliphatic rings. The van der Waals surface area contributed by atoms with Crippen LogP contribution in [0.15, 0.2) is 53.9 Å². The van der Waals surface area contributed by atoms with E-state index in [1.807, 2.05) is 60.8 Å². The molecule has 4 heteroatoms. The normalized spacial score (nSPS) is 12.2. The van der Waals surface area contributed by atoms with Gasteiger partial charge < -0.3 is 11.1 Å². The van der Waals surface area contributed by atoms with E-state index in [4.69, 9.17) is 5.73 Å². The lowest BCUT2D eigenvalue weighted by atomic mass is 10.0. The van der Waals surface area contributed by atoms with Crippen molar-refractivity contribution >= 4 is 33.7 Å². The molecule has 0 aliphatic heterocycles. The number of amides is 1. The molecular weight excluding hydrogens is 280 g/mol. The van der Waals surface area contributed by atoms with Gasteiger partial charge in [0, 0.05) is 10.6 Å².